The van der Waals surface area contributed by atoms with Crippen LogP contribution >= 0.6 is 22.9 Å². The maximum atomic E-state index is 12.3. The van der Waals surface area contributed by atoms with Crippen molar-refractivity contribution in [2.45, 2.75) is 6.92 Å². The van der Waals surface area contributed by atoms with Gasteiger partial charge >= 0.3 is 5.97 Å². The molecule has 2 aromatic rings. The second-order valence-corrected chi connectivity index (χ2v) is 6.50. The normalized spacial score (nSPS) is 10.7. The number of ether oxygens (including phenoxy) is 2. The number of methoxy groups -OCH3 is 1. The fraction of sp³-hybridized carbons (Fsp3) is 0.353. The molecule has 6 nitrogen and oxygen atoms in total. The van der Waals surface area contributed by atoms with Gasteiger partial charge in [0.15, 0.2) is 0 Å². The Labute approximate surface area is 155 Å². The minimum absolute atomic E-state index is 0.126. The summed E-state index contributed by atoms with van der Waals surface area (Å²) in [6.45, 7) is 11.1. The summed E-state index contributed by atoms with van der Waals surface area (Å²) >= 11 is 7.33. The van der Waals surface area contributed by atoms with E-state index in [1.54, 1.807) is 19.3 Å². The first-order valence-electron chi connectivity index (χ1n) is 7.62. The fourth-order valence-electron chi connectivity index (χ4n) is 2.36. The van der Waals surface area contributed by atoms with Gasteiger partial charge in [0.05, 0.1) is 12.0 Å². The summed E-state index contributed by atoms with van der Waals surface area (Å²) < 4.78 is 10.1. The molecule has 0 aliphatic rings. The number of nitrogens with zero attached hydrogens (tertiary/aromatic N) is 3. The standard InChI is InChI=1S/C17H20ClN3O3S/c1-5-7-21(8-6-2)14-12-11(3)13(16(22)24-10-9-23-4)25-15(12)20-17(18)19-14/h5-6H,1-2,7-10H2,3-4H3. The number of aromatic nitrogens is 2. The van der Waals surface area contributed by atoms with Crippen LogP contribution in [-0.4, -0.2) is 49.4 Å². The molecular formula is C17H20ClN3O3S. The quantitative estimate of drug-likeness (QED) is 0.286. The molecule has 0 spiro atoms. The molecule has 0 unspecified atom stereocenters. The zero-order valence-electron chi connectivity index (χ0n) is 14.2. The molecule has 0 aromatic carbocycles. The number of esters is 1. The minimum Gasteiger partial charge on any atom is -0.459 e. The van der Waals surface area contributed by atoms with Crippen LogP contribution in [0, 0.1) is 6.92 Å². The van der Waals surface area contributed by atoms with Crippen molar-refractivity contribution in [3.05, 3.63) is 41.0 Å². The molecule has 0 saturated heterocycles. The van der Waals surface area contributed by atoms with Gasteiger partial charge < -0.3 is 14.4 Å². The Morgan fingerprint density at radius 2 is 1.96 bits per heavy atom. The van der Waals surface area contributed by atoms with Crippen LogP contribution in [-0.2, 0) is 9.47 Å². The van der Waals surface area contributed by atoms with Crippen LogP contribution in [0.1, 0.15) is 15.2 Å². The number of rotatable bonds is 9. The number of anilines is 1. The van der Waals surface area contributed by atoms with Crippen LogP contribution in [0.15, 0.2) is 25.3 Å². The third kappa shape index (κ3) is 4.36. The molecule has 134 valence electrons. The summed E-state index contributed by atoms with van der Waals surface area (Å²) in [5.74, 6) is 0.248. The highest BCUT2D eigenvalue weighted by molar-refractivity contribution is 7.20. The fourth-order valence-corrected chi connectivity index (χ4v) is 3.64. The molecule has 2 heterocycles. The number of hydrogen-bond donors (Lipinski definition) is 0. The van der Waals surface area contributed by atoms with Crippen molar-refractivity contribution in [2.75, 3.05) is 38.3 Å². The highest BCUT2D eigenvalue weighted by atomic mass is 35.5. The smallest absolute Gasteiger partial charge is 0.348 e. The van der Waals surface area contributed by atoms with E-state index in [4.69, 9.17) is 21.1 Å². The zero-order valence-corrected chi connectivity index (χ0v) is 15.8. The summed E-state index contributed by atoms with van der Waals surface area (Å²) in [5.41, 5.74) is 0.771. The van der Waals surface area contributed by atoms with Crippen LogP contribution < -0.4 is 4.90 Å². The number of fused-ring (bicyclic) bond motifs is 1. The van der Waals surface area contributed by atoms with Gasteiger partial charge in [-0.3, -0.25) is 0 Å². The van der Waals surface area contributed by atoms with Crippen LogP contribution in [0.3, 0.4) is 0 Å². The van der Waals surface area contributed by atoms with Gasteiger partial charge in [-0.15, -0.1) is 24.5 Å². The second-order valence-electron chi connectivity index (χ2n) is 5.16. The topological polar surface area (TPSA) is 64.6 Å². The van der Waals surface area contributed by atoms with Gasteiger partial charge in [-0.2, -0.15) is 4.98 Å². The van der Waals surface area contributed by atoms with E-state index in [1.807, 2.05) is 11.8 Å². The predicted octanol–water partition coefficient (Wildman–Crippen LogP) is 3.63. The first-order valence-corrected chi connectivity index (χ1v) is 8.82. The lowest BCUT2D eigenvalue weighted by molar-refractivity contribution is 0.0393. The minimum atomic E-state index is -0.404. The number of halogens is 1. The van der Waals surface area contributed by atoms with Crippen molar-refractivity contribution in [2.24, 2.45) is 0 Å². The van der Waals surface area contributed by atoms with E-state index >= 15 is 0 Å². The SMILES string of the molecule is C=CCN(CC=C)c1nc(Cl)nc2sc(C(=O)OCCOC)c(C)c12. The number of hydrogen-bond acceptors (Lipinski definition) is 7. The zero-order chi connectivity index (χ0) is 18.4. The van der Waals surface area contributed by atoms with E-state index in [9.17, 15) is 4.79 Å². The van der Waals surface area contributed by atoms with Crippen LogP contribution in [0.25, 0.3) is 10.2 Å². The lowest BCUT2D eigenvalue weighted by Gasteiger charge is -2.21. The summed E-state index contributed by atoms with van der Waals surface area (Å²) in [6, 6.07) is 0. The molecule has 2 aromatic heterocycles. The Morgan fingerprint density at radius 3 is 2.56 bits per heavy atom. The molecule has 0 saturated carbocycles. The van der Waals surface area contributed by atoms with E-state index in [-0.39, 0.29) is 11.9 Å². The van der Waals surface area contributed by atoms with Gasteiger partial charge in [0, 0.05) is 20.2 Å². The molecule has 0 aliphatic heterocycles. The number of carbonyl (C=O) groups is 1. The molecular weight excluding hydrogens is 362 g/mol. The Balaban J connectivity index is 2.51. The van der Waals surface area contributed by atoms with Crippen molar-refractivity contribution >= 4 is 44.9 Å². The van der Waals surface area contributed by atoms with Crippen molar-refractivity contribution in [3.8, 4) is 0 Å². The molecule has 0 fully saturated rings. The largest absolute Gasteiger partial charge is 0.459 e. The van der Waals surface area contributed by atoms with Gasteiger partial charge in [-0.25, -0.2) is 9.78 Å². The van der Waals surface area contributed by atoms with Gasteiger partial charge in [0.1, 0.15) is 22.1 Å². The maximum Gasteiger partial charge on any atom is 0.348 e. The number of aryl methyl sites for hydroxylation is 1. The highest BCUT2D eigenvalue weighted by Gasteiger charge is 2.23. The van der Waals surface area contributed by atoms with E-state index in [1.165, 1.54) is 11.3 Å². The lowest BCUT2D eigenvalue weighted by atomic mass is 10.2. The van der Waals surface area contributed by atoms with Crippen molar-refractivity contribution in [1.29, 1.82) is 0 Å². The first kappa shape index (κ1) is 19.4. The van der Waals surface area contributed by atoms with Crippen molar-refractivity contribution in [3.63, 3.8) is 0 Å². The summed E-state index contributed by atoms with van der Waals surface area (Å²) in [6.07, 6.45) is 3.54. The Kier molecular flexibility index (Phi) is 6.92. The van der Waals surface area contributed by atoms with E-state index in [2.05, 4.69) is 23.1 Å². The average Bonchev–Trinajstić information content (AvgIpc) is 2.91. The predicted molar refractivity (Wildman–Crippen MR) is 102 cm³/mol. The van der Waals surface area contributed by atoms with E-state index < -0.39 is 5.97 Å². The van der Waals surface area contributed by atoms with Gasteiger partial charge in [0.25, 0.3) is 0 Å². The van der Waals surface area contributed by atoms with Gasteiger partial charge in [-0.1, -0.05) is 12.2 Å². The molecule has 0 N–H and O–H groups in total. The number of carbonyl (C=O) groups excluding carboxylic acids is 1. The Bertz CT molecular complexity index is 781. The number of thiophene rings is 1. The first-order chi connectivity index (χ1) is 12.0. The Morgan fingerprint density at radius 1 is 1.28 bits per heavy atom. The molecule has 2 rings (SSSR count). The van der Waals surface area contributed by atoms with Crippen LogP contribution in [0.2, 0.25) is 5.28 Å². The van der Waals surface area contributed by atoms with Crippen molar-refractivity contribution in [1.82, 2.24) is 9.97 Å². The second kappa shape index (κ2) is 8.94. The van der Waals surface area contributed by atoms with Crippen LogP contribution in [0.5, 0.6) is 0 Å². The molecule has 0 atom stereocenters. The maximum absolute atomic E-state index is 12.3. The van der Waals surface area contributed by atoms with Gasteiger partial charge in [0.2, 0.25) is 5.28 Å². The molecule has 8 heteroatoms. The molecule has 0 bridgehead atoms. The molecule has 0 radical (unpaired) electrons. The third-order valence-corrected chi connectivity index (χ3v) is 4.78. The molecule has 0 aliphatic carbocycles. The molecule has 0 amide bonds. The Hall–Kier alpha value is -1.96. The highest BCUT2D eigenvalue weighted by Crippen LogP contribution is 2.36. The lowest BCUT2D eigenvalue weighted by Crippen LogP contribution is -2.24. The monoisotopic (exact) mass is 381 g/mol. The van der Waals surface area contributed by atoms with E-state index in [0.29, 0.717) is 35.2 Å². The summed E-state index contributed by atoms with van der Waals surface area (Å²) in [7, 11) is 1.55. The van der Waals surface area contributed by atoms with E-state index in [0.717, 1.165) is 10.9 Å². The summed E-state index contributed by atoms with van der Waals surface area (Å²) in [4.78, 5) is 24.1. The average molecular weight is 382 g/mol. The van der Waals surface area contributed by atoms with Crippen molar-refractivity contribution < 1.29 is 14.3 Å². The summed E-state index contributed by atoms with van der Waals surface area (Å²) in [5, 5.41) is 0.915. The molecule has 25 heavy (non-hydrogen) atoms. The van der Waals surface area contributed by atoms with Gasteiger partial charge in [-0.05, 0) is 24.1 Å². The van der Waals surface area contributed by atoms with Crippen LogP contribution in [0.4, 0.5) is 5.82 Å². The third-order valence-electron chi connectivity index (χ3n) is 3.45.